The first-order valence-electron chi connectivity index (χ1n) is 8.65. The van der Waals surface area contributed by atoms with Gasteiger partial charge in [0, 0.05) is 31.2 Å². The lowest BCUT2D eigenvalue weighted by Crippen LogP contribution is -2.45. The van der Waals surface area contributed by atoms with Crippen molar-refractivity contribution in [3.05, 3.63) is 66.2 Å². The van der Waals surface area contributed by atoms with Crippen molar-refractivity contribution in [1.82, 2.24) is 10.2 Å². The highest BCUT2D eigenvalue weighted by atomic mass is 32.1. The molecule has 1 fully saturated rings. The smallest absolute Gasteiger partial charge is 0.227 e. The number of rotatable bonds is 4. The van der Waals surface area contributed by atoms with Gasteiger partial charge in [-0.1, -0.05) is 48.5 Å². The van der Waals surface area contributed by atoms with Crippen molar-refractivity contribution >= 4 is 28.9 Å². The lowest BCUT2D eigenvalue weighted by atomic mass is 9.96. The van der Waals surface area contributed by atoms with E-state index in [9.17, 15) is 4.79 Å². The largest absolute Gasteiger partial charge is 0.358 e. The molecule has 0 aromatic heterocycles. The summed E-state index contributed by atoms with van der Waals surface area (Å²) in [6, 6.07) is 19.8. The SMILES string of the molecule is O=C(Nc1ccccc1)C1CCN(C(=S)NCc2ccccc2)CC1. The van der Waals surface area contributed by atoms with Gasteiger partial charge in [0.05, 0.1) is 0 Å². The molecule has 0 aliphatic carbocycles. The zero-order chi connectivity index (χ0) is 17.5. The Kier molecular flexibility index (Phi) is 6.01. The van der Waals surface area contributed by atoms with Crippen molar-refractivity contribution in [3.63, 3.8) is 0 Å². The highest BCUT2D eigenvalue weighted by Crippen LogP contribution is 2.19. The summed E-state index contributed by atoms with van der Waals surface area (Å²) in [5, 5.41) is 7.08. The van der Waals surface area contributed by atoms with Crippen LogP contribution in [0.2, 0.25) is 0 Å². The van der Waals surface area contributed by atoms with Crippen molar-refractivity contribution in [2.75, 3.05) is 18.4 Å². The van der Waals surface area contributed by atoms with E-state index in [1.165, 1.54) is 5.56 Å². The van der Waals surface area contributed by atoms with Crippen LogP contribution in [0, 0.1) is 5.92 Å². The van der Waals surface area contributed by atoms with E-state index in [-0.39, 0.29) is 11.8 Å². The van der Waals surface area contributed by atoms with Gasteiger partial charge in [-0.2, -0.15) is 0 Å². The van der Waals surface area contributed by atoms with Gasteiger partial charge in [-0.15, -0.1) is 0 Å². The fraction of sp³-hybridized carbons (Fsp3) is 0.300. The third-order valence-corrected chi connectivity index (χ3v) is 4.88. The minimum Gasteiger partial charge on any atom is -0.358 e. The molecule has 1 aliphatic heterocycles. The van der Waals surface area contributed by atoms with Gasteiger partial charge in [-0.3, -0.25) is 4.79 Å². The summed E-state index contributed by atoms with van der Waals surface area (Å²) in [5.74, 6) is 0.155. The van der Waals surface area contributed by atoms with Crippen molar-refractivity contribution in [2.24, 2.45) is 5.92 Å². The Morgan fingerprint density at radius 1 is 1.00 bits per heavy atom. The predicted octanol–water partition coefficient (Wildman–Crippen LogP) is 3.41. The van der Waals surface area contributed by atoms with E-state index in [0.29, 0.717) is 0 Å². The second-order valence-corrected chi connectivity index (χ2v) is 6.65. The number of thiocarbonyl (C=S) groups is 1. The van der Waals surface area contributed by atoms with Gasteiger partial charge in [-0.05, 0) is 42.8 Å². The third-order valence-electron chi connectivity index (χ3n) is 4.48. The number of nitrogens with zero attached hydrogens (tertiary/aromatic N) is 1. The summed E-state index contributed by atoms with van der Waals surface area (Å²) in [6.45, 7) is 2.36. The summed E-state index contributed by atoms with van der Waals surface area (Å²) in [6.07, 6.45) is 1.65. The highest BCUT2D eigenvalue weighted by Gasteiger charge is 2.26. The Labute approximate surface area is 154 Å². The number of likely N-dealkylation sites (tertiary alicyclic amines) is 1. The average Bonchev–Trinajstić information content (AvgIpc) is 2.68. The normalized spacial score (nSPS) is 14.8. The fourth-order valence-corrected chi connectivity index (χ4v) is 3.25. The first-order valence-corrected chi connectivity index (χ1v) is 9.06. The second-order valence-electron chi connectivity index (χ2n) is 6.26. The maximum atomic E-state index is 12.4. The van der Waals surface area contributed by atoms with Crippen molar-refractivity contribution in [2.45, 2.75) is 19.4 Å². The highest BCUT2D eigenvalue weighted by molar-refractivity contribution is 7.80. The molecule has 0 unspecified atom stereocenters. The monoisotopic (exact) mass is 353 g/mol. The number of hydrogen-bond donors (Lipinski definition) is 2. The topological polar surface area (TPSA) is 44.4 Å². The molecule has 1 aliphatic rings. The van der Waals surface area contributed by atoms with Crippen LogP contribution in [0.1, 0.15) is 18.4 Å². The molecular weight excluding hydrogens is 330 g/mol. The van der Waals surface area contributed by atoms with E-state index >= 15 is 0 Å². The Balaban J connectivity index is 1.43. The maximum Gasteiger partial charge on any atom is 0.227 e. The quantitative estimate of drug-likeness (QED) is 0.827. The average molecular weight is 353 g/mol. The van der Waals surface area contributed by atoms with Crippen LogP contribution in [0.3, 0.4) is 0 Å². The molecule has 5 heteroatoms. The molecule has 3 rings (SSSR count). The van der Waals surface area contributed by atoms with E-state index < -0.39 is 0 Å². The van der Waals surface area contributed by atoms with Gasteiger partial charge >= 0.3 is 0 Å². The number of para-hydroxylation sites is 1. The molecule has 1 amide bonds. The van der Waals surface area contributed by atoms with Crippen LogP contribution in [0.4, 0.5) is 5.69 Å². The molecule has 0 bridgehead atoms. The Hall–Kier alpha value is -2.40. The van der Waals surface area contributed by atoms with E-state index in [4.69, 9.17) is 12.2 Å². The molecule has 0 spiro atoms. The molecule has 1 saturated heterocycles. The number of piperidine rings is 1. The number of anilines is 1. The van der Waals surface area contributed by atoms with E-state index in [0.717, 1.165) is 43.3 Å². The molecule has 25 heavy (non-hydrogen) atoms. The Bertz CT molecular complexity index is 697. The minimum absolute atomic E-state index is 0.0494. The van der Waals surface area contributed by atoms with Crippen LogP contribution < -0.4 is 10.6 Å². The molecule has 0 radical (unpaired) electrons. The van der Waals surface area contributed by atoms with Gasteiger partial charge in [0.2, 0.25) is 5.91 Å². The van der Waals surface area contributed by atoms with Crippen molar-refractivity contribution in [3.8, 4) is 0 Å². The lowest BCUT2D eigenvalue weighted by Gasteiger charge is -2.33. The summed E-state index contributed by atoms with van der Waals surface area (Å²) >= 11 is 5.50. The first kappa shape index (κ1) is 17.4. The molecular formula is C20H23N3OS. The van der Waals surface area contributed by atoms with Gasteiger partial charge < -0.3 is 15.5 Å². The second kappa shape index (κ2) is 8.62. The molecule has 2 aromatic rings. The number of amides is 1. The molecule has 2 N–H and O–H groups in total. The van der Waals surface area contributed by atoms with E-state index in [1.54, 1.807) is 0 Å². The summed E-state index contributed by atoms with van der Waals surface area (Å²) in [5.41, 5.74) is 2.07. The lowest BCUT2D eigenvalue weighted by molar-refractivity contribution is -0.120. The number of nitrogens with one attached hydrogen (secondary N) is 2. The molecule has 0 saturated carbocycles. The Morgan fingerprint density at radius 3 is 2.24 bits per heavy atom. The van der Waals surface area contributed by atoms with E-state index in [1.807, 2.05) is 48.5 Å². The van der Waals surface area contributed by atoms with Crippen LogP contribution in [0.5, 0.6) is 0 Å². The minimum atomic E-state index is 0.0494. The van der Waals surface area contributed by atoms with Gasteiger partial charge in [0.25, 0.3) is 0 Å². The molecule has 130 valence electrons. The summed E-state index contributed by atoms with van der Waals surface area (Å²) in [7, 11) is 0. The Morgan fingerprint density at radius 2 is 1.60 bits per heavy atom. The van der Waals surface area contributed by atoms with E-state index in [2.05, 4.69) is 27.7 Å². The van der Waals surface area contributed by atoms with Gasteiger partial charge in [0.15, 0.2) is 5.11 Å². The van der Waals surface area contributed by atoms with Crippen LogP contribution in [0.15, 0.2) is 60.7 Å². The van der Waals surface area contributed by atoms with Crippen LogP contribution in [-0.4, -0.2) is 29.0 Å². The number of benzene rings is 2. The predicted molar refractivity (Wildman–Crippen MR) is 105 cm³/mol. The third kappa shape index (κ3) is 5.03. The van der Waals surface area contributed by atoms with Crippen molar-refractivity contribution in [1.29, 1.82) is 0 Å². The number of carbonyl (C=O) groups excluding carboxylic acids is 1. The van der Waals surface area contributed by atoms with Crippen molar-refractivity contribution < 1.29 is 4.79 Å². The molecule has 1 heterocycles. The standard InChI is InChI=1S/C20H23N3OS/c24-19(22-18-9-5-2-6-10-18)17-11-13-23(14-12-17)20(25)21-15-16-7-3-1-4-8-16/h1-10,17H,11-15H2,(H,21,25)(H,22,24). The van der Waals surface area contributed by atoms with Crippen LogP contribution in [-0.2, 0) is 11.3 Å². The van der Waals surface area contributed by atoms with Crippen LogP contribution >= 0.6 is 12.2 Å². The molecule has 0 atom stereocenters. The van der Waals surface area contributed by atoms with Gasteiger partial charge in [0.1, 0.15) is 0 Å². The first-order chi connectivity index (χ1) is 12.2. The maximum absolute atomic E-state index is 12.4. The summed E-state index contributed by atoms with van der Waals surface area (Å²) in [4.78, 5) is 14.5. The fourth-order valence-electron chi connectivity index (χ4n) is 3.00. The van der Waals surface area contributed by atoms with Crippen LogP contribution in [0.25, 0.3) is 0 Å². The molecule has 4 nitrogen and oxygen atoms in total. The van der Waals surface area contributed by atoms with Gasteiger partial charge in [-0.25, -0.2) is 0 Å². The zero-order valence-corrected chi connectivity index (χ0v) is 15.0. The number of hydrogen-bond acceptors (Lipinski definition) is 2. The summed E-state index contributed by atoms with van der Waals surface area (Å²) < 4.78 is 0. The molecule has 2 aromatic carbocycles. The number of carbonyl (C=O) groups is 1. The zero-order valence-electron chi connectivity index (χ0n) is 14.2.